The lowest BCUT2D eigenvalue weighted by molar-refractivity contribution is -0.137. The summed E-state index contributed by atoms with van der Waals surface area (Å²) < 4.78 is 37.9. The Bertz CT molecular complexity index is 509. The van der Waals surface area contributed by atoms with Crippen LogP contribution >= 0.6 is 0 Å². The molecule has 0 saturated heterocycles. The van der Waals surface area contributed by atoms with Gasteiger partial charge in [0, 0.05) is 5.54 Å². The van der Waals surface area contributed by atoms with Crippen LogP contribution in [-0.4, -0.2) is 33.3 Å². The van der Waals surface area contributed by atoms with E-state index in [0.717, 1.165) is 17.0 Å². The molecule has 1 atom stereocenters. The van der Waals surface area contributed by atoms with E-state index in [1.54, 1.807) is 20.8 Å². The number of nitrogens with zero attached hydrogens (tertiary/aromatic N) is 1. The fraction of sp³-hybridized carbons (Fsp3) is 0.500. The molecule has 0 bridgehead atoms. The Morgan fingerprint density at radius 1 is 1.29 bits per heavy atom. The van der Waals surface area contributed by atoms with E-state index in [0.29, 0.717) is 0 Å². The largest absolute Gasteiger partial charge is 0.465 e. The summed E-state index contributed by atoms with van der Waals surface area (Å²) in [6.07, 6.45) is -7.08. The molecule has 2 N–H and O–H groups in total. The van der Waals surface area contributed by atoms with Gasteiger partial charge in [-0.1, -0.05) is 12.1 Å². The van der Waals surface area contributed by atoms with E-state index >= 15 is 0 Å². The molecule has 118 valence electrons. The molecule has 0 fully saturated rings. The van der Waals surface area contributed by atoms with Gasteiger partial charge in [0.2, 0.25) is 0 Å². The predicted octanol–water partition coefficient (Wildman–Crippen LogP) is 3.52. The number of aliphatic hydroxyl groups is 1. The number of β-amino-alcohol motifs (C(OH)–C–C–N with tert-alkyl or cyclic N) is 1. The Kier molecular flexibility index (Phi) is 4.88. The van der Waals surface area contributed by atoms with Gasteiger partial charge in [-0.05, 0) is 38.5 Å². The highest BCUT2D eigenvalue weighted by Gasteiger charge is 2.32. The van der Waals surface area contributed by atoms with Gasteiger partial charge in [0.25, 0.3) is 0 Å². The van der Waals surface area contributed by atoms with Crippen LogP contribution in [-0.2, 0) is 6.18 Å². The fourth-order valence-corrected chi connectivity index (χ4v) is 1.84. The number of halogens is 3. The van der Waals surface area contributed by atoms with E-state index in [2.05, 4.69) is 0 Å². The van der Waals surface area contributed by atoms with Gasteiger partial charge in [0.1, 0.15) is 0 Å². The molecule has 4 nitrogen and oxygen atoms in total. The molecule has 0 spiro atoms. The van der Waals surface area contributed by atoms with E-state index in [1.165, 1.54) is 12.1 Å². The van der Waals surface area contributed by atoms with Crippen molar-refractivity contribution in [3.8, 4) is 0 Å². The second-order valence-electron chi connectivity index (χ2n) is 5.70. The Morgan fingerprint density at radius 2 is 1.86 bits per heavy atom. The van der Waals surface area contributed by atoms with Gasteiger partial charge < -0.3 is 15.1 Å². The van der Waals surface area contributed by atoms with Crippen molar-refractivity contribution in [1.82, 2.24) is 4.90 Å². The third kappa shape index (κ3) is 4.63. The Morgan fingerprint density at radius 3 is 2.29 bits per heavy atom. The molecule has 0 aliphatic heterocycles. The fourth-order valence-electron chi connectivity index (χ4n) is 1.84. The maximum atomic E-state index is 12.6. The van der Waals surface area contributed by atoms with Crippen LogP contribution in [0.15, 0.2) is 24.3 Å². The van der Waals surface area contributed by atoms with Crippen LogP contribution in [0.4, 0.5) is 18.0 Å². The van der Waals surface area contributed by atoms with E-state index in [-0.39, 0.29) is 12.1 Å². The van der Waals surface area contributed by atoms with E-state index in [4.69, 9.17) is 5.11 Å². The molecule has 0 saturated carbocycles. The van der Waals surface area contributed by atoms with Crippen molar-refractivity contribution in [2.75, 3.05) is 6.54 Å². The van der Waals surface area contributed by atoms with Crippen LogP contribution in [0.5, 0.6) is 0 Å². The minimum atomic E-state index is -4.51. The second-order valence-corrected chi connectivity index (χ2v) is 5.70. The SMILES string of the molecule is CC(C)(C)N(CC(O)c1cccc(C(F)(F)F)c1)C(=O)O. The smallest absolute Gasteiger partial charge is 0.416 e. The van der Waals surface area contributed by atoms with Gasteiger partial charge in [-0.25, -0.2) is 4.79 Å². The highest BCUT2D eigenvalue weighted by Crippen LogP contribution is 2.31. The molecule has 1 aromatic rings. The first-order valence-corrected chi connectivity index (χ1v) is 6.28. The van der Waals surface area contributed by atoms with Gasteiger partial charge >= 0.3 is 12.3 Å². The number of hydrogen-bond acceptors (Lipinski definition) is 2. The predicted molar refractivity (Wildman–Crippen MR) is 70.9 cm³/mol. The maximum Gasteiger partial charge on any atom is 0.416 e. The normalized spacial score (nSPS) is 13.9. The van der Waals surface area contributed by atoms with Gasteiger partial charge in [0.05, 0.1) is 18.2 Å². The summed E-state index contributed by atoms with van der Waals surface area (Å²) in [7, 11) is 0. The lowest BCUT2D eigenvalue weighted by Crippen LogP contribution is -2.46. The Labute approximate surface area is 120 Å². The number of alkyl halides is 3. The van der Waals surface area contributed by atoms with Crippen molar-refractivity contribution in [1.29, 1.82) is 0 Å². The summed E-state index contributed by atoms with van der Waals surface area (Å²) in [5.74, 6) is 0. The van der Waals surface area contributed by atoms with Gasteiger partial charge in [-0.2, -0.15) is 13.2 Å². The average molecular weight is 305 g/mol. The van der Waals surface area contributed by atoms with Crippen molar-refractivity contribution in [3.63, 3.8) is 0 Å². The molecule has 0 radical (unpaired) electrons. The lowest BCUT2D eigenvalue weighted by Gasteiger charge is -2.34. The average Bonchev–Trinajstić information content (AvgIpc) is 2.33. The zero-order valence-electron chi connectivity index (χ0n) is 12.0. The Hall–Kier alpha value is -1.76. The molecule has 21 heavy (non-hydrogen) atoms. The molecule has 1 amide bonds. The zero-order chi connectivity index (χ0) is 16.4. The van der Waals surface area contributed by atoms with E-state index in [1.807, 2.05) is 0 Å². The number of amides is 1. The quantitative estimate of drug-likeness (QED) is 0.898. The first-order valence-electron chi connectivity index (χ1n) is 6.28. The summed E-state index contributed by atoms with van der Waals surface area (Å²) in [6, 6.07) is 4.24. The third-order valence-electron chi connectivity index (χ3n) is 2.99. The number of hydrogen-bond donors (Lipinski definition) is 2. The first-order chi connectivity index (χ1) is 9.43. The number of carboxylic acid groups (broad SMARTS) is 1. The maximum absolute atomic E-state index is 12.6. The van der Waals surface area contributed by atoms with Gasteiger partial charge in [-0.15, -0.1) is 0 Å². The van der Waals surface area contributed by atoms with E-state index in [9.17, 15) is 23.1 Å². The number of rotatable bonds is 3. The van der Waals surface area contributed by atoms with Gasteiger partial charge in [0.15, 0.2) is 0 Å². The molecule has 0 aromatic heterocycles. The molecule has 1 unspecified atom stereocenters. The summed E-state index contributed by atoms with van der Waals surface area (Å²) in [5.41, 5.74) is -1.62. The van der Waals surface area contributed by atoms with E-state index < -0.39 is 29.5 Å². The number of aliphatic hydroxyl groups excluding tert-OH is 1. The zero-order valence-corrected chi connectivity index (χ0v) is 12.0. The van der Waals surface area contributed by atoms with Crippen molar-refractivity contribution in [3.05, 3.63) is 35.4 Å². The lowest BCUT2D eigenvalue weighted by atomic mass is 10.0. The highest BCUT2D eigenvalue weighted by atomic mass is 19.4. The summed E-state index contributed by atoms with van der Waals surface area (Å²) in [6.45, 7) is 4.61. The first kappa shape index (κ1) is 17.3. The van der Waals surface area contributed by atoms with Crippen LogP contribution in [0, 0.1) is 0 Å². The standard InChI is InChI=1S/C14H18F3NO3/c1-13(2,3)18(12(20)21)8-11(19)9-5-4-6-10(7-9)14(15,16)17/h4-7,11,19H,8H2,1-3H3,(H,20,21). The monoisotopic (exact) mass is 305 g/mol. The van der Waals surface area contributed by atoms with Crippen LogP contribution in [0.25, 0.3) is 0 Å². The van der Waals surface area contributed by atoms with Crippen molar-refractivity contribution in [2.45, 2.75) is 38.6 Å². The van der Waals surface area contributed by atoms with Crippen molar-refractivity contribution >= 4 is 6.09 Å². The summed E-state index contributed by atoms with van der Waals surface area (Å²) >= 11 is 0. The van der Waals surface area contributed by atoms with Crippen molar-refractivity contribution in [2.24, 2.45) is 0 Å². The van der Waals surface area contributed by atoms with Crippen LogP contribution < -0.4 is 0 Å². The minimum absolute atomic E-state index is 0.0281. The molecule has 0 heterocycles. The Balaban J connectivity index is 2.99. The molecule has 0 aliphatic rings. The van der Waals surface area contributed by atoms with Gasteiger partial charge in [-0.3, -0.25) is 0 Å². The van der Waals surface area contributed by atoms with Crippen LogP contribution in [0.3, 0.4) is 0 Å². The summed E-state index contributed by atoms with van der Waals surface area (Å²) in [4.78, 5) is 12.2. The number of carbonyl (C=O) groups is 1. The van der Waals surface area contributed by atoms with Crippen LogP contribution in [0.2, 0.25) is 0 Å². The summed E-state index contributed by atoms with van der Waals surface area (Å²) in [5, 5.41) is 19.1. The topological polar surface area (TPSA) is 60.8 Å². The molecule has 1 aromatic carbocycles. The molecule has 0 aliphatic carbocycles. The molecular formula is C14H18F3NO3. The third-order valence-corrected chi connectivity index (χ3v) is 2.99. The van der Waals surface area contributed by atoms with Crippen molar-refractivity contribution < 1.29 is 28.2 Å². The highest BCUT2D eigenvalue weighted by molar-refractivity contribution is 5.66. The molecular weight excluding hydrogens is 287 g/mol. The second kappa shape index (κ2) is 5.93. The minimum Gasteiger partial charge on any atom is -0.465 e. The van der Waals surface area contributed by atoms with Crippen LogP contribution in [0.1, 0.15) is 38.0 Å². The number of benzene rings is 1. The molecule has 7 heteroatoms. The molecule has 1 rings (SSSR count).